The number of halogens is 1. The molecule has 0 saturated carbocycles. The summed E-state index contributed by atoms with van der Waals surface area (Å²) in [5.41, 5.74) is 1.56. The first-order valence-electron chi connectivity index (χ1n) is 12.1. The van der Waals surface area contributed by atoms with Crippen LogP contribution in [0.1, 0.15) is 42.1 Å². The highest BCUT2D eigenvalue weighted by Crippen LogP contribution is 2.33. The van der Waals surface area contributed by atoms with E-state index in [0.717, 1.165) is 57.5 Å². The first-order chi connectivity index (χ1) is 15.8. The molecule has 0 spiro atoms. The normalized spacial score (nSPS) is 23.6. The summed E-state index contributed by atoms with van der Waals surface area (Å²) in [6.07, 6.45) is 2.48. The van der Waals surface area contributed by atoms with Gasteiger partial charge >= 0.3 is 0 Å². The van der Waals surface area contributed by atoms with E-state index in [1.54, 1.807) is 19.1 Å². The minimum atomic E-state index is -0.0847. The molecule has 180 valence electrons. The van der Waals surface area contributed by atoms with Gasteiger partial charge in [0.25, 0.3) is 5.91 Å². The van der Waals surface area contributed by atoms with E-state index in [9.17, 15) is 14.4 Å². The maximum atomic E-state index is 13.0. The predicted octanol–water partition coefficient (Wildman–Crippen LogP) is 2.42. The zero-order valence-electron chi connectivity index (χ0n) is 19.7. The van der Waals surface area contributed by atoms with Crippen molar-refractivity contribution in [1.82, 2.24) is 20.0 Å². The zero-order valence-corrected chi connectivity index (χ0v) is 20.4. The molecule has 1 aromatic carbocycles. The molecule has 0 bridgehead atoms. The number of nitrogens with zero attached hydrogens (tertiary/aromatic N) is 3. The third-order valence-corrected chi connectivity index (χ3v) is 7.94. The van der Waals surface area contributed by atoms with E-state index in [4.69, 9.17) is 11.6 Å². The van der Waals surface area contributed by atoms with Crippen LogP contribution in [0.3, 0.4) is 0 Å². The number of hydrogen-bond donors (Lipinski definition) is 1. The van der Waals surface area contributed by atoms with Crippen LogP contribution in [-0.4, -0.2) is 84.8 Å². The average Bonchev–Trinajstić information content (AvgIpc) is 3.37. The summed E-state index contributed by atoms with van der Waals surface area (Å²) in [5.74, 6) is 1.49. The predicted molar refractivity (Wildman–Crippen MR) is 128 cm³/mol. The average molecular weight is 475 g/mol. The molecule has 1 N–H and O–H groups in total. The maximum absolute atomic E-state index is 13.0. The lowest BCUT2D eigenvalue weighted by Crippen LogP contribution is -2.44. The van der Waals surface area contributed by atoms with E-state index < -0.39 is 0 Å². The fourth-order valence-corrected chi connectivity index (χ4v) is 5.67. The molecule has 0 radical (unpaired) electrons. The molecule has 3 aliphatic rings. The first-order valence-corrected chi connectivity index (χ1v) is 12.5. The van der Waals surface area contributed by atoms with Crippen LogP contribution < -0.4 is 5.32 Å². The molecular formula is C25H35ClN4O3. The highest BCUT2D eigenvalue weighted by atomic mass is 35.5. The molecule has 33 heavy (non-hydrogen) atoms. The standard InChI is InChI=1S/C25H35ClN4O3/c1-17-4-5-20(12-23(17)26)24(32)27-8-3-9-28-13-21-15-30(16-22(21)14-28)25(33)19-6-10-29(11-7-19)18(2)31/h4-5,12,19,21-22H,3,6-11,13-16H2,1-2H3,(H,27,32). The van der Waals surface area contributed by atoms with Crippen LogP contribution in [0, 0.1) is 24.7 Å². The number of fused-ring (bicyclic) bond motifs is 1. The van der Waals surface area contributed by atoms with Gasteiger partial charge < -0.3 is 20.0 Å². The van der Waals surface area contributed by atoms with Crippen LogP contribution >= 0.6 is 11.6 Å². The Hall–Kier alpha value is -2.12. The Morgan fingerprint density at radius 3 is 2.30 bits per heavy atom. The van der Waals surface area contributed by atoms with Crippen molar-refractivity contribution < 1.29 is 14.4 Å². The van der Waals surface area contributed by atoms with Crippen molar-refractivity contribution in [2.24, 2.45) is 17.8 Å². The Bertz CT molecular complexity index is 886. The topological polar surface area (TPSA) is 73.0 Å². The second-order valence-electron chi connectivity index (χ2n) is 9.88. The number of amides is 3. The minimum Gasteiger partial charge on any atom is -0.352 e. The molecular weight excluding hydrogens is 440 g/mol. The van der Waals surface area contributed by atoms with Gasteiger partial charge in [-0.05, 0) is 62.3 Å². The van der Waals surface area contributed by atoms with Gasteiger partial charge in [-0.2, -0.15) is 0 Å². The van der Waals surface area contributed by atoms with E-state index in [1.807, 2.05) is 17.9 Å². The largest absolute Gasteiger partial charge is 0.352 e. The van der Waals surface area contributed by atoms with Gasteiger partial charge in [0.15, 0.2) is 0 Å². The molecule has 3 saturated heterocycles. The molecule has 8 heteroatoms. The minimum absolute atomic E-state index is 0.0718. The maximum Gasteiger partial charge on any atom is 0.251 e. The number of piperidine rings is 1. The molecule has 0 aromatic heterocycles. The zero-order chi connectivity index (χ0) is 23.5. The van der Waals surface area contributed by atoms with Crippen molar-refractivity contribution in [3.05, 3.63) is 34.3 Å². The summed E-state index contributed by atoms with van der Waals surface area (Å²) < 4.78 is 0. The third-order valence-electron chi connectivity index (χ3n) is 7.53. The number of hydrogen-bond acceptors (Lipinski definition) is 4. The number of rotatable bonds is 6. The number of carbonyl (C=O) groups is 3. The van der Waals surface area contributed by atoms with Crippen molar-refractivity contribution in [3.63, 3.8) is 0 Å². The van der Waals surface area contributed by atoms with Crippen LogP contribution in [0.25, 0.3) is 0 Å². The molecule has 2 atom stereocenters. The lowest BCUT2D eigenvalue weighted by Gasteiger charge is -2.33. The van der Waals surface area contributed by atoms with E-state index in [1.165, 1.54) is 0 Å². The molecule has 3 aliphatic heterocycles. The Morgan fingerprint density at radius 2 is 1.70 bits per heavy atom. The highest BCUT2D eigenvalue weighted by molar-refractivity contribution is 6.31. The van der Waals surface area contributed by atoms with Crippen LogP contribution in [0.5, 0.6) is 0 Å². The van der Waals surface area contributed by atoms with Gasteiger partial charge in [-0.1, -0.05) is 17.7 Å². The summed E-state index contributed by atoms with van der Waals surface area (Å²) in [7, 11) is 0. The highest BCUT2D eigenvalue weighted by Gasteiger charge is 2.42. The number of nitrogens with one attached hydrogen (secondary N) is 1. The Labute approximate surface area is 201 Å². The molecule has 3 fully saturated rings. The van der Waals surface area contributed by atoms with Gasteiger partial charge in [-0.25, -0.2) is 0 Å². The van der Waals surface area contributed by atoms with Gasteiger partial charge in [-0.15, -0.1) is 0 Å². The van der Waals surface area contributed by atoms with Crippen molar-refractivity contribution in [1.29, 1.82) is 0 Å². The summed E-state index contributed by atoms with van der Waals surface area (Å²) in [6.45, 7) is 10.3. The third kappa shape index (κ3) is 5.69. The van der Waals surface area contributed by atoms with Gasteiger partial charge in [0.05, 0.1) is 0 Å². The molecule has 7 nitrogen and oxygen atoms in total. The summed E-state index contributed by atoms with van der Waals surface area (Å²) in [5, 5.41) is 3.60. The second-order valence-corrected chi connectivity index (χ2v) is 10.3. The fourth-order valence-electron chi connectivity index (χ4n) is 5.49. The van der Waals surface area contributed by atoms with Gasteiger partial charge in [-0.3, -0.25) is 14.4 Å². The monoisotopic (exact) mass is 474 g/mol. The van der Waals surface area contributed by atoms with E-state index in [0.29, 0.717) is 42.1 Å². The fraction of sp³-hybridized carbons (Fsp3) is 0.640. The van der Waals surface area contributed by atoms with Crippen LogP contribution in [-0.2, 0) is 9.59 Å². The SMILES string of the molecule is CC(=O)N1CCC(C(=O)N2CC3CN(CCCNC(=O)c4ccc(C)c(Cl)c4)CC3C2)CC1. The molecule has 0 aliphatic carbocycles. The van der Waals surface area contributed by atoms with E-state index in [-0.39, 0.29) is 23.6 Å². The van der Waals surface area contributed by atoms with Crippen LogP contribution in [0.15, 0.2) is 18.2 Å². The summed E-state index contributed by atoms with van der Waals surface area (Å²) in [6, 6.07) is 5.38. The molecule has 1 aromatic rings. The first kappa shape index (κ1) is 24.0. The number of carbonyl (C=O) groups excluding carboxylic acids is 3. The van der Waals surface area contributed by atoms with Crippen molar-refractivity contribution in [2.75, 3.05) is 52.4 Å². The lowest BCUT2D eigenvalue weighted by atomic mass is 9.95. The number of aryl methyl sites for hydroxylation is 1. The Morgan fingerprint density at radius 1 is 1.03 bits per heavy atom. The van der Waals surface area contributed by atoms with Gasteiger partial charge in [0.2, 0.25) is 11.8 Å². The summed E-state index contributed by atoms with van der Waals surface area (Å²) >= 11 is 6.12. The Kier molecular flexibility index (Phi) is 7.59. The molecule has 4 rings (SSSR count). The summed E-state index contributed by atoms with van der Waals surface area (Å²) in [4.78, 5) is 43.2. The van der Waals surface area contributed by atoms with Crippen molar-refractivity contribution in [3.8, 4) is 0 Å². The van der Waals surface area contributed by atoms with E-state index in [2.05, 4.69) is 15.1 Å². The van der Waals surface area contributed by atoms with Crippen molar-refractivity contribution >= 4 is 29.3 Å². The molecule has 3 amide bonds. The van der Waals surface area contributed by atoms with Crippen LogP contribution in [0.4, 0.5) is 0 Å². The number of likely N-dealkylation sites (tertiary alicyclic amines) is 3. The van der Waals surface area contributed by atoms with Gasteiger partial charge in [0.1, 0.15) is 0 Å². The smallest absolute Gasteiger partial charge is 0.251 e. The van der Waals surface area contributed by atoms with Crippen LogP contribution in [0.2, 0.25) is 5.02 Å². The second kappa shape index (κ2) is 10.4. The molecule has 2 unspecified atom stereocenters. The van der Waals surface area contributed by atoms with Crippen molar-refractivity contribution in [2.45, 2.75) is 33.1 Å². The quantitative estimate of drug-likeness (QED) is 0.643. The lowest BCUT2D eigenvalue weighted by molar-refractivity contribution is -0.139. The molecule has 3 heterocycles. The van der Waals surface area contributed by atoms with E-state index >= 15 is 0 Å². The van der Waals surface area contributed by atoms with Gasteiger partial charge in [0, 0.05) is 69.2 Å². The number of benzene rings is 1. The Balaban J connectivity index is 1.14.